The number of aromatic nitrogens is 1. The van der Waals surface area contributed by atoms with E-state index in [-0.39, 0.29) is 5.69 Å². The number of carbonyl (C=O) groups is 1. The molecule has 1 aromatic carbocycles. The number of nitrogens with zero attached hydrogens (tertiary/aromatic N) is 2. The SMILES string of the molecule is O=C(Nc1ccc([N+](=O)[O-])cc1)Nc1csc(Cc2ccsc2)n1. The van der Waals surface area contributed by atoms with Crippen LogP contribution in [-0.2, 0) is 6.42 Å². The number of rotatable bonds is 5. The van der Waals surface area contributed by atoms with Gasteiger partial charge in [0.25, 0.3) is 5.69 Å². The first-order valence-electron chi connectivity index (χ1n) is 6.88. The van der Waals surface area contributed by atoms with E-state index in [1.807, 2.05) is 11.4 Å². The van der Waals surface area contributed by atoms with Gasteiger partial charge in [-0.05, 0) is 34.5 Å². The molecule has 0 saturated carbocycles. The molecule has 2 heterocycles. The molecule has 2 N–H and O–H groups in total. The number of urea groups is 1. The summed E-state index contributed by atoms with van der Waals surface area (Å²) in [6.07, 6.45) is 0.736. The van der Waals surface area contributed by atoms with Crippen LogP contribution >= 0.6 is 22.7 Å². The Morgan fingerprint density at radius 3 is 2.62 bits per heavy atom. The highest BCUT2D eigenvalue weighted by Gasteiger charge is 2.09. The standard InChI is InChI=1S/C15H12N4O3S2/c20-15(16-11-1-3-12(4-2-11)19(21)22)18-13-9-24-14(17-13)7-10-5-6-23-8-10/h1-6,8-9H,7H2,(H2,16,18,20). The van der Waals surface area contributed by atoms with E-state index in [4.69, 9.17) is 0 Å². The number of nitrogens with one attached hydrogen (secondary N) is 2. The van der Waals surface area contributed by atoms with E-state index in [9.17, 15) is 14.9 Å². The van der Waals surface area contributed by atoms with Crippen LogP contribution in [0, 0.1) is 10.1 Å². The Morgan fingerprint density at radius 1 is 1.17 bits per heavy atom. The summed E-state index contributed by atoms with van der Waals surface area (Å²) in [7, 11) is 0. The van der Waals surface area contributed by atoms with Gasteiger partial charge in [-0.25, -0.2) is 9.78 Å². The van der Waals surface area contributed by atoms with Crippen molar-refractivity contribution in [1.29, 1.82) is 0 Å². The Labute approximate surface area is 145 Å². The van der Waals surface area contributed by atoms with Crippen molar-refractivity contribution in [1.82, 2.24) is 4.98 Å². The van der Waals surface area contributed by atoms with Gasteiger partial charge in [0.2, 0.25) is 0 Å². The highest BCUT2D eigenvalue weighted by atomic mass is 32.1. The van der Waals surface area contributed by atoms with Crippen LogP contribution < -0.4 is 10.6 Å². The van der Waals surface area contributed by atoms with Crippen LogP contribution in [0.2, 0.25) is 0 Å². The molecule has 122 valence electrons. The van der Waals surface area contributed by atoms with E-state index in [0.29, 0.717) is 11.5 Å². The lowest BCUT2D eigenvalue weighted by molar-refractivity contribution is -0.384. The minimum absolute atomic E-state index is 0.0291. The zero-order valence-corrected chi connectivity index (χ0v) is 13.9. The number of carbonyl (C=O) groups excluding carboxylic acids is 1. The molecule has 0 saturated heterocycles. The zero-order chi connectivity index (χ0) is 16.9. The highest BCUT2D eigenvalue weighted by Crippen LogP contribution is 2.20. The van der Waals surface area contributed by atoms with Gasteiger partial charge in [0.05, 0.1) is 9.93 Å². The summed E-state index contributed by atoms with van der Waals surface area (Å²) in [6.45, 7) is 0. The van der Waals surface area contributed by atoms with Crippen LogP contribution in [0.4, 0.5) is 22.0 Å². The third-order valence-corrected chi connectivity index (χ3v) is 4.65. The summed E-state index contributed by atoms with van der Waals surface area (Å²) in [5.74, 6) is 0.477. The fourth-order valence-electron chi connectivity index (χ4n) is 1.96. The molecular weight excluding hydrogens is 348 g/mol. The number of anilines is 2. The summed E-state index contributed by atoms with van der Waals surface area (Å²) in [5, 5.41) is 22.6. The zero-order valence-electron chi connectivity index (χ0n) is 12.3. The first-order chi connectivity index (χ1) is 11.6. The van der Waals surface area contributed by atoms with Crippen LogP contribution in [-0.4, -0.2) is 15.9 Å². The van der Waals surface area contributed by atoms with Crippen LogP contribution in [0.15, 0.2) is 46.5 Å². The number of amides is 2. The maximum atomic E-state index is 11.9. The minimum Gasteiger partial charge on any atom is -0.308 e. The maximum absolute atomic E-state index is 11.9. The predicted octanol–water partition coefficient (Wildman–Crippen LogP) is 4.35. The number of thiazole rings is 1. The number of non-ortho nitro benzene ring substituents is 1. The molecule has 0 spiro atoms. The third-order valence-electron chi connectivity index (χ3n) is 3.06. The van der Waals surface area contributed by atoms with Crippen molar-refractivity contribution in [2.24, 2.45) is 0 Å². The number of benzene rings is 1. The lowest BCUT2D eigenvalue weighted by Crippen LogP contribution is -2.19. The predicted molar refractivity (Wildman–Crippen MR) is 95.0 cm³/mol. The normalized spacial score (nSPS) is 10.3. The molecule has 0 atom stereocenters. The summed E-state index contributed by atoms with van der Waals surface area (Å²) in [5.41, 5.74) is 1.63. The molecule has 0 aliphatic rings. The maximum Gasteiger partial charge on any atom is 0.324 e. The van der Waals surface area contributed by atoms with Crippen LogP contribution in [0.3, 0.4) is 0 Å². The summed E-state index contributed by atoms with van der Waals surface area (Å²) in [4.78, 5) is 26.4. The van der Waals surface area contributed by atoms with Crippen molar-refractivity contribution in [3.63, 3.8) is 0 Å². The summed E-state index contributed by atoms with van der Waals surface area (Å²) < 4.78 is 0. The summed E-state index contributed by atoms with van der Waals surface area (Å²) in [6, 6.07) is 7.20. The molecule has 9 heteroatoms. The monoisotopic (exact) mass is 360 g/mol. The van der Waals surface area contributed by atoms with Crippen molar-refractivity contribution >= 4 is 45.9 Å². The number of hydrogen-bond acceptors (Lipinski definition) is 6. The quantitative estimate of drug-likeness (QED) is 0.522. The topological polar surface area (TPSA) is 97.2 Å². The molecule has 2 aromatic heterocycles. The van der Waals surface area contributed by atoms with Crippen molar-refractivity contribution in [3.8, 4) is 0 Å². The van der Waals surface area contributed by atoms with Gasteiger partial charge < -0.3 is 5.32 Å². The molecule has 3 rings (SSSR count). The lowest BCUT2D eigenvalue weighted by Gasteiger charge is -2.05. The van der Waals surface area contributed by atoms with E-state index >= 15 is 0 Å². The Balaban J connectivity index is 1.56. The smallest absolute Gasteiger partial charge is 0.308 e. The molecule has 2 amide bonds. The molecule has 0 radical (unpaired) electrons. The van der Waals surface area contributed by atoms with Gasteiger partial charge in [-0.2, -0.15) is 11.3 Å². The largest absolute Gasteiger partial charge is 0.324 e. The molecule has 0 aliphatic heterocycles. The number of hydrogen-bond donors (Lipinski definition) is 2. The van der Waals surface area contributed by atoms with Crippen molar-refractivity contribution < 1.29 is 9.72 Å². The Kier molecular flexibility index (Phi) is 4.82. The van der Waals surface area contributed by atoms with E-state index in [0.717, 1.165) is 11.4 Å². The first-order valence-corrected chi connectivity index (χ1v) is 8.70. The molecule has 0 aliphatic carbocycles. The minimum atomic E-state index is -0.492. The molecular formula is C15H12N4O3S2. The summed E-state index contributed by atoms with van der Waals surface area (Å²) >= 11 is 3.11. The van der Waals surface area contributed by atoms with E-state index < -0.39 is 11.0 Å². The fraction of sp³-hybridized carbons (Fsp3) is 0.0667. The molecule has 0 unspecified atom stereocenters. The molecule has 0 fully saturated rings. The number of nitro benzene ring substituents is 1. The average molecular weight is 360 g/mol. The van der Waals surface area contributed by atoms with E-state index in [1.54, 1.807) is 16.7 Å². The van der Waals surface area contributed by atoms with Gasteiger partial charge in [-0.15, -0.1) is 11.3 Å². The second-order valence-electron chi connectivity index (χ2n) is 4.82. The van der Waals surface area contributed by atoms with Gasteiger partial charge in [-0.1, -0.05) is 0 Å². The Bertz CT molecular complexity index is 844. The first kappa shape index (κ1) is 16.1. The van der Waals surface area contributed by atoms with Gasteiger partial charge >= 0.3 is 6.03 Å². The molecule has 0 bridgehead atoms. The fourth-order valence-corrected chi connectivity index (χ4v) is 3.39. The van der Waals surface area contributed by atoms with Crippen molar-refractivity contribution in [3.05, 3.63) is 67.2 Å². The van der Waals surface area contributed by atoms with E-state index in [2.05, 4.69) is 21.0 Å². The Hall–Kier alpha value is -2.78. The van der Waals surface area contributed by atoms with E-state index in [1.165, 1.54) is 41.2 Å². The van der Waals surface area contributed by atoms with Crippen LogP contribution in [0.1, 0.15) is 10.6 Å². The lowest BCUT2D eigenvalue weighted by atomic mass is 10.2. The number of nitro groups is 1. The van der Waals surface area contributed by atoms with Gasteiger partial charge in [0.1, 0.15) is 5.82 Å². The number of thiophene rings is 1. The average Bonchev–Trinajstić information content (AvgIpc) is 3.20. The molecule has 3 aromatic rings. The van der Waals surface area contributed by atoms with Crippen molar-refractivity contribution in [2.45, 2.75) is 6.42 Å². The molecule has 7 nitrogen and oxygen atoms in total. The highest BCUT2D eigenvalue weighted by molar-refractivity contribution is 7.10. The second kappa shape index (κ2) is 7.20. The third kappa shape index (κ3) is 4.15. The van der Waals surface area contributed by atoms with Gasteiger partial charge in [0, 0.05) is 29.6 Å². The van der Waals surface area contributed by atoms with Crippen LogP contribution in [0.25, 0.3) is 0 Å². The van der Waals surface area contributed by atoms with Gasteiger partial charge in [0.15, 0.2) is 0 Å². The second-order valence-corrected chi connectivity index (χ2v) is 6.54. The molecule has 24 heavy (non-hydrogen) atoms. The van der Waals surface area contributed by atoms with Gasteiger partial charge in [-0.3, -0.25) is 15.4 Å². The Morgan fingerprint density at radius 2 is 1.96 bits per heavy atom. The van der Waals surface area contributed by atoms with Crippen molar-refractivity contribution in [2.75, 3.05) is 10.6 Å². The van der Waals surface area contributed by atoms with Crippen LogP contribution in [0.5, 0.6) is 0 Å².